The van der Waals surface area contributed by atoms with Crippen molar-refractivity contribution in [1.29, 1.82) is 0 Å². The predicted molar refractivity (Wildman–Crippen MR) is 66.6 cm³/mol. The molecule has 2 heterocycles. The first kappa shape index (κ1) is 13.5. The van der Waals surface area contributed by atoms with E-state index in [9.17, 15) is 13.2 Å². The van der Waals surface area contributed by atoms with Gasteiger partial charge >= 0.3 is 0 Å². The first-order valence-electron chi connectivity index (χ1n) is 5.34. The van der Waals surface area contributed by atoms with Crippen LogP contribution in [0.2, 0.25) is 0 Å². The van der Waals surface area contributed by atoms with Crippen LogP contribution >= 0.6 is 11.3 Å². The van der Waals surface area contributed by atoms with E-state index in [-0.39, 0.29) is 23.9 Å². The minimum Gasteiger partial charge on any atom is -0.367 e. The van der Waals surface area contributed by atoms with Crippen molar-refractivity contribution in [2.24, 2.45) is 5.73 Å². The summed E-state index contributed by atoms with van der Waals surface area (Å²) in [5, 5.41) is 1.70. The van der Waals surface area contributed by atoms with Crippen molar-refractivity contribution in [3.05, 3.63) is 17.5 Å². The fraction of sp³-hybridized carbons (Fsp3) is 0.500. The maximum Gasteiger partial charge on any atom is 0.252 e. The lowest BCUT2D eigenvalue weighted by molar-refractivity contribution is -0.148. The second-order valence-corrected chi connectivity index (χ2v) is 7.33. The summed E-state index contributed by atoms with van der Waals surface area (Å²) in [6.45, 7) is 1.83. The summed E-state index contributed by atoms with van der Waals surface area (Å²) in [5.74, 6) is -0.659. The number of nitrogens with two attached hydrogens (primary N) is 1. The van der Waals surface area contributed by atoms with Gasteiger partial charge in [0, 0.05) is 6.54 Å². The summed E-state index contributed by atoms with van der Waals surface area (Å²) in [7, 11) is -3.56. The SMILES string of the molecule is C[C@@]1(C(N)=O)CN(S(=O)(=O)c2cccs2)CCO1. The van der Waals surface area contributed by atoms with Crippen LogP contribution in [0.1, 0.15) is 6.92 Å². The van der Waals surface area contributed by atoms with Crippen molar-refractivity contribution in [3.8, 4) is 0 Å². The quantitative estimate of drug-likeness (QED) is 0.849. The monoisotopic (exact) mass is 290 g/mol. The van der Waals surface area contributed by atoms with Crippen LogP contribution in [0.15, 0.2) is 21.7 Å². The summed E-state index contributed by atoms with van der Waals surface area (Å²) in [5.41, 5.74) is 3.98. The lowest BCUT2D eigenvalue weighted by Crippen LogP contribution is -2.58. The third kappa shape index (κ3) is 2.28. The number of primary amides is 1. The molecule has 1 fully saturated rings. The van der Waals surface area contributed by atoms with Gasteiger partial charge in [-0.1, -0.05) is 6.07 Å². The van der Waals surface area contributed by atoms with Crippen molar-refractivity contribution in [1.82, 2.24) is 4.31 Å². The highest BCUT2D eigenvalue weighted by Crippen LogP contribution is 2.26. The Kier molecular flexibility index (Phi) is 3.45. The number of amides is 1. The van der Waals surface area contributed by atoms with Crippen LogP contribution < -0.4 is 5.73 Å². The van der Waals surface area contributed by atoms with Gasteiger partial charge in [-0.25, -0.2) is 8.42 Å². The first-order chi connectivity index (χ1) is 8.36. The lowest BCUT2D eigenvalue weighted by atomic mass is 10.1. The van der Waals surface area contributed by atoms with E-state index in [1.165, 1.54) is 17.3 Å². The molecule has 100 valence electrons. The van der Waals surface area contributed by atoms with E-state index in [4.69, 9.17) is 10.5 Å². The third-order valence-corrected chi connectivity index (χ3v) is 6.07. The van der Waals surface area contributed by atoms with Gasteiger partial charge in [0.05, 0.1) is 13.2 Å². The van der Waals surface area contributed by atoms with Crippen LogP contribution in [0.3, 0.4) is 0 Å². The molecule has 6 nitrogen and oxygen atoms in total. The normalized spacial score (nSPS) is 26.1. The van der Waals surface area contributed by atoms with Crippen molar-refractivity contribution < 1.29 is 17.9 Å². The molecule has 1 atom stereocenters. The van der Waals surface area contributed by atoms with Crippen LogP contribution in [0.5, 0.6) is 0 Å². The molecule has 0 spiro atoms. The minimum atomic E-state index is -3.56. The van der Waals surface area contributed by atoms with Gasteiger partial charge in [0.25, 0.3) is 15.9 Å². The predicted octanol–water partition coefficient (Wildman–Crippen LogP) is 0.0130. The van der Waals surface area contributed by atoms with E-state index in [0.717, 1.165) is 11.3 Å². The number of nitrogens with zero attached hydrogens (tertiary/aromatic N) is 1. The maximum absolute atomic E-state index is 12.3. The largest absolute Gasteiger partial charge is 0.367 e. The van der Waals surface area contributed by atoms with Crippen LogP contribution in [0.4, 0.5) is 0 Å². The Morgan fingerprint density at radius 1 is 1.61 bits per heavy atom. The Labute approximate surface area is 109 Å². The molecule has 1 aromatic rings. The van der Waals surface area contributed by atoms with Crippen molar-refractivity contribution in [3.63, 3.8) is 0 Å². The molecule has 0 aliphatic carbocycles. The number of ether oxygens (including phenoxy) is 1. The highest BCUT2D eigenvalue weighted by Gasteiger charge is 2.42. The first-order valence-corrected chi connectivity index (χ1v) is 7.66. The summed E-state index contributed by atoms with van der Waals surface area (Å²) in [4.78, 5) is 11.3. The van der Waals surface area contributed by atoms with Gasteiger partial charge in [0.1, 0.15) is 4.21 Å². The number of carbonyl (C=O) groups is 1. The summed E-state index contributed by atoms with van der Waals surface area (Å²) in [6, 6.07) is 3.21. The molecular weight excluding hydrogens is 276 g/mol. The van der Waals surface area contributed by atoms with Crippen LogP contribution in [-0.4, -0.2) is 43.9 Å². The Hall–Kier alpha value is -0.960. The van der Waals surface area contributed by atoms with E-state index in [2.05, 4.69) is 0 Å². The Bertz CT molecular complexity index is 540. The zero-order chi connectivity index (χ0) is 13.4. The number of morpholine rings is 1. The van der Waals surface area contributed by atoms with Gasteiger partial charge in [-0.3, -0.25) is 4.79 Å². The van der Waals surface area contributed by atoms with Gasteiger partial charge in [-0.2, -0.15) is 4.31 Å². The second-order valence-electron chi connectivity index (χ2n) is 4.21. The van der Waals surface area contributed by atoms with E-state index in [1.54, 1.807) is 11.4 Å². The summed E-state index contributed by atoms with van der Waals surface area (Å²) in [6.07, 6.45) is 0. The fourth-order valence-corrected chi connectivity index (χ4v) is 4.38. The van der Waals surface area contributed by atoms with Crippen LogP contribution in [-0.2, 0) is 19.6 Å². The van der Waals surface area contributed by atoms with Gasteiger partial charge in [-0.15, -0.1) is 11.3 Å². The van der Waals surface area contributed by atoms with Gasteiger partial charge in [-0.05, 0) is 18.4 Å². The number of rotatable bonds is 3. The number of hydrogen-bond donors (Lipinski definition) is 1. The van der Waals surface area contributed by atoms with Gasteiger partial charge in [0.2, 0.25) is 0 Å². The van der Waals surface area contributed by atoms with Gasteiger partial charge < -0.3 is 10.5 Å². The van der Waals surface area contributed by atoms with Crippen molar-refractivity contribution in [2.45, 2.75) is 16.7 Å². The summed E-state index contributed by atoms with van der Waals surface area (Å²) >= 11 is 1.15. The molecule has 0 unspecified atom stereocenters. The molecule has 1 aromatic heterocycles. The number of carbonyl (C=O) groups excluding carboxylic acids is 1. The standard InChI is InChI=1S/C10H14N2O4S2/c1-10(9(11)13)7-12(4-5-16-10)18(14,15)8-3-2-6-17-8/h2-3,6H,4-5,7H2,1H3,(H2,11,13)/t10-/m0/s1. The molecule has 2 N–H and O–H groups in total. The third-order valence-electron chi connectivity index (χ3n) is 2.85. The maximum atomic E-state index is 12.3. The van der Waals surface area contributed by atoms with Crippen molar-refractivity contribution in [2.75, 3.05) is 19.7 Å². The second kappa shape index (κ2) is 4.61. The van der Waals surface area contributed by atoms with Gasteiger partial charge in [0.15, 0.2) is 5.60 Å². The number of hydrogen-bond acceptors (Lipinski definition) is 5. The van der Waals surface area contributed by atoms with Crippen LogP contribution in [0.25, 0.3) is 0 Å². The molecule has 18 heavy (non-hydrogen) atoms. The highest BCUT2D eigenvalue weighted by atomic mass is 32.2. The molecule has 0 bridgehead atoms. The molecule has 0 aromatic carbocycles. The Morgan fingerprint density at radius 2 is 2.33 bits per heavy atom. The molecule has 0 radical (unpaired) electrons. The number of sulfonamides is 1. The van der Waals surface area contributed by atoms with E-state index < -0.39 is 21.5 Å². The number of thiophene rings is 1. The van der Waals surface area contributed by atoms with Crippen molar-refractivity contribution >= 4 is 27.3 Å². The molecule has 1 saturated heterocycles. The zero-order valence-electron chi connectivity index (χ0n) is 9.83. The lowest BCUT2D eigenvalue weighted by Gasteiger charge is -2.37. The molecule has 1 aliphatic heterocycles. The molecule has 0 saturated carbocycles. The Morgan fingerprint density at radius 3 is 2.89 bits per heavy atom. The average Bonchev–Trinajstić information content (AvgIpc) is 2.83. The topological polar surface area (TPSA) is 89.7 Å². The minimum absolute atomic E-state index is 0.0530. The average molecular weight is 290 g/mol. The highest BCUT2D eigenvalue weighted by molar-refractivity contribution is 7.91. The van der Waals surface area contributed by atoms with Crippen LogP contribution in [0, 0.1) is 0 Å². The molecule has 1 aliphatic rings. The smallest absolute Gasteiger partial charge is 0.252 e. The summed E-state index contributed by atoms with van der Waals surface area (Å²) < 4.78 is 31.4. The fourth-order valence-electron chi connectivity index (χ4n) is 1.73. The molecule has 2 rings (SSSR count). The van der Waals surface area contributed by atoms with E-state index >= 15 is 0 Å². The zero-order valence-corrected chi connectivity index (χ0v) is 11.5. The molecule has 1 amide bonds. The molecule has 8 heteroatoms. The molecular formula is C10H14N2O4S2. The van der Waals surface area contributed by atoms with E-state index in [0.29, 0.717) is 0 Å². The Balaban J connectivity index is 2.27. The van der Waals surface area contributed by atoms with E-state index in [1.807, 2.05) is 0 Å².